The van der Waals surface area contributed by atoms with Gasteiger partial charge in [0.1, 0.15) is 0 Å². The molecule has 2 heterocycles. The quantitative estimate of drug-likeness (QED) is 0.784. The Kier molecular flexibility index (Phi) is 2.81. The van der Waals surface area contributed by atoms with Crippen molar-refractivity contribution < 1.29 is 0 Å². The van der Waals surface area contributed by atoms with Crippen LogP contribution in [0.2, 0.25) is 0 Å². The van der Waals surface area contributed by atoms with Crippen LogP contribution in [0.15, 0.2) is 18.2 Å². The summed E-state index contributed by atoms with van der Waals surface area (Å²) in [6, 6.07) is 6.34. The van der Waals surface area contributed by atoms with E-state index in [-0.39, 0.29) is 0 Å². The zero-order chi connectivity index (χ0) is 11.8. The predicted octanol–water partition coefficient (Wildman–Crippen LogP) is 1.54. The number of nitrogen functional groups attached to an aromatic ring is 1. The van der Waals surface area contributed by atoms with Gasteiger partial charge < -0.3 is 10.6 Å². The molecule has 1 aromatic carbocycles. The van der Waals surface area contributed by atoms with E-state index in [1.807, 2.05) is 6.07 Å². The van der Waals surface area contributed by atoms with Gasteiger partial charge in [-0.1, -0.05) is 6.07 Å². The second-order valence-corrected chi connectivity index (χ2v) is 5.61. The van der Waals surface area contributed by atoms with E-state index in [1.165, 1.54) is 37.2 Å². The summed E-state index contributed by atoms with van der Waals surface area (Å²) < 4.78 is 0. The molecular formula is C14H21N3. The monoisotopic (exact) mass is 231 g/mol. The first-order chi connectivity index (χ1) is 8.20. The van der Waals surface area contributed by atoms with Crippen molar-refractivity contribution in [3.8, 4) is 0 Å². The van der Waals surface area contributed by atoms with Crippen LogP contribution < -0.4 is 5.73 Å². The fraction of sp³-hybridized carbons (Fsp3) is 0.571. The molecule has 0 saturated carbocycles. The molecule has 1 saturated heterocycles. The number of nitrogens with zero attached hydrogens (tertiary/aromatic N) is 2. The second kappa shape index (κ2) is 4.31. The minimum absolute atomic E-state index is 0.853. The maximum Gasteiger partial charge on any atom is 0.0317 e. The Labute approximate surface area is 103 Å². The average Bonchev–Trinajstić information content (AvgIpc) is 2.84. The number of hydrogen-bond donors (Lipinski definition) is 1. The lowest BCUT2D eigenvalue weighted by Crippen LogP contribution is -2.26. The number of likely N-dealkylation sites (tertiary alicyclic amines) is 1. The lowest BCUT2D eigenvalue weighted by atomic mass is 10.1. The van der Waals surface area contributed by atoms with Crippen molar-refractivity contribution >= 4 is 5.69 Å². The molecule has 2 aliphatic rings. The Morgan fingerprint density at radius 2 is 2.12 bits per heavy atom. The van der Waals surface area contributed by atoms with Gasteiger partial charge in [0.05, 0.1) is 0 Å². The summed E-state index contributed by atoms with van der Waals surface area (Å²) in [5.41, 5.74) is 9.62. The molecule has 0 bridgehead atoms. The molecule has 1 aromatic rings. The predicted molar refractivity (Wildman–Crippen MR) is 70.6 cm³/mol. The molecule has 3 nitrogen and oxygen atoms in total. The standard InChI is InChI=1S/C14H21N3/c1-16-5-4-11(7-16)8-17-9-12-2-3-14(15)6-13(12)10-17/h2-3,6,11H,4-5,7-10,15H2,1H3. The summed E-state index contributed by atoms with van der Waals surface area (Å²) in [5.74, 6) is 0.853. The first-order valence-electron chi connectivity index (χ1n) is 6.49. The molecule has 17 heavy (non-hydrogen) atoms. The molecule has 1 atom stereocenters. The van der Waals surface area contributed by atoms with Gasteiger partial charge in [0, 0.05) is 31.9 Å². The van der Waals surface area contributed by atoms with Crippen molar-refractivity contribution in [2.45, 2.75) is 19.5 Å². The number of rotatable bonds is 2. The van der Waals surface area contributed by atoms with E-state index in [0.29, 0.717) is 0 Å². The molecule has 0 amide bonds. The van der Waals surface area contributed by atoms with Gasteiger partial charge in [-0.3, -0.25) is 4.90 Å². The smallest absolute Gasteiger partial charge is 0.0317 e. The van der Waals surface area contributed by atoms with E-state index in [9.17, 15) is 0 Å². The lowest BCUT2D eigenvalue weighted by molar-refractivity contribution is 0.235. The third-order valence-electron chi connectivity index (χ3n) is 4.02. The largest absolute Gasteiger partial charge is 0.399 e. The summed E-state index contributed by atoms with van der Waals surface area (Å²) in [5, 5.41) is 0. The van der Waals surface area contributed by atoms with Crippen molar-refractivity contribution in [3.05, 3.63) is 29.3 Å². The highest BCUT2D eigenvalue weighted by Crippen LogP contribution is 2.26. The van der Waals surface area contributed by atoms with Gasteiger partial charge in [-0.15, -0.1) is 0 Å². The van der Waals surface area contributed by atoms with Gasteiger partial charge in [0.15, 0.2) is 0 Å². The zero-order valence-electron chi connectivity index (χ0n) is 10.5. The van der Waals surface area contributed by atoms with Crippen LogP contribution in [-0.2, 0) is 13.1 Å². The van der Waals surface area contributed by atoms with Crippen molar-refractivity contribution in [3.63, 3.8) is 0 Å². The van der Waals surface area contributed by atoms with Crippen molar-refractivity contribution in [1.29, 1.82) is 0 Å². The molecule has 1 unspecified atom stereocenters. The van der Waals surface area contributed by atoms with Gasteiger partial charge in [-0.25, -0.2) is 0 Å². The van der Waals surface area contributed by atoms with Crippen LogP contribution in [0.4, 0.5) is 5.69 Å². The van der Waals surface area contributed by atoms with Crippen molar-refractivity contribution in [2.75, 3.05) is 32.4 Å². The third-order valence-corrected chi connectivity index (χ3v) is 4.02. The number of nitrogens with two attached hydrogens (primary N) is 1. The summed E-state index contributed by atoms with van der Waals surface area (Å²) in [6.45, 7) is 5.95. The second-order valence-electron chi connectivity index (χ2n) is 5.61. The molecule has 2 aliphatic heterocycles. The maximum atomic E-state index is 5.83. The maximum absolute atomic E-state index is 5.83. The molecular weight excluding hydrogens is 210 g/mol. The molecule has 0 spiro atoms. The minimum atomic E-state index is 0.853. The number of hydrogen-bond acceptors (Lipinski definition) is 3. The lowest BCUT2D eigenvalue weighted by Gasteiger charge is -2.19. The average molecular weight is 231 g/mol. The number of anilines is 1. The fourth-order valence-electron chi connectivity index (χ4n) is 3.15. The zero-order valence-corrected chi connectivity index (χ0v) is 10.5. The van der Waals surface area contributed by atoms with E-state index >= 15 is 0 Å². The van der Waals surface area contributed by atoms with E-state index in [2.05, 4.69) is 29.0 Å². The van der Waals surface area contributed by atoms with E-state index in [0.717, 1.165) is 24.7 Å². The molecule has 3 heteroatoms. The summed E-state index contributed by atoms with van der Waals surface area (Å²) in [4.78, 5) is 5.00. The molecule has 2 N–H and O–H groups in total. The van der Waals surface area contributed by atoms with Gasteiger partial charge in [0.25, 0.3) is 0 Å². The van der Waals surface area contributed by atoms with Crippen LogP contribution in [-0.4, -0.2) is 36.5 Å². The van der Waals surface area contributed by atoms with Crippen LogP contribution in [0.3, 0.4) is 0 Å². The van der Waals surface area contributed by atoms with Crippen LogP contribution in [0.25, 0.3) is 0 Å². The number of fused-ring (bicyclic) bond motifs is 1. The Morgan fingerprint density at radius 3 is 2.88 bits per heavy atom. The summed E-state index contributed by atoms with van der Waals surface area (Å²) >= 11 is 0. The minimum Gasteiger partial charge on any atom is -0.399 e. The topological polar surface area (TPSA) is 32.5 Å². The Morgan fingerprint density at radius 1 is 1.29 bits per heavy atom. The Balaban J connectivity index is 1.62. The van der Waals surface area contributed by atoms with Crippen molar-refractivity contribution in [1.82, 2.24) is 9.80 Å². The SMILES string of the molecule is CN1CCC(CN2Cc3ccc(N)cc3C2)C1. The summed E-state index contributed by atoms with van der Waals surface area (Å²) in [6.07, 6.45) is 1.35. The van der Waals surface area contributed by atoms with Gasteiger partial charge in [0.2, 0.25) is 0 Å². The molecule has 3 rings (SSSR count). The molecule has 0 aromatic heterocycles. The normalized spacial score (nSPS) is 25.4. The highest BCUT2D eigenvalue weighted by Gasteiger charge is 2.25. The molecule has 92 valence electrons. The fourth-order valence-corrected chi connectivity index (χ4v) is 3.15. The van der Waals surface area contributed by atoms with E-state index < -0.39 is 0 Å². The Hall–Kier alpha value is -1.06. The van der Waals surface area contributed by atoms with Crippen LogP contribution in [0.1, 0.15) is 17.5 Å². The highest BCUT2D eigenvalue weighted by atomic mass is 15.2. The summed E-state index contributed by atoms with van der Waals surface area (Å²) in [7, 11) is 2.22. The first kappa shape index (κ1) is 11.1. The van der Waals surface area contributed by atoms with Crippen molar-refractivity contribution in [2.24, 2.45) is 5.92 Å². The van der Waals surface area contributed by atoms with Gasteiger partial charge in [-0.05, 0) is 49.2 Å². The first-order valence-corrected chi connectivity index (χ1v) is 6.49. The van der Waals surface area contributed by atoms with E-state index in [4.69, 9.17) is 5.73 Å². The molecule has 1 fully saturated rings. The van der Waals surface area contributed by atoms with Gasteiger partial charge >= 0.3 is 0 Å². The van der Waals surface area contributed by atoms with Crippen LogP contribution in [0.5, 0.6) is 0 Å². The highest BCUT2D eigenvalue weighted by molar-refractivity contribution is 5.46. The van der Waals surface area contributed by atoms with Crippen LogP contribution in [0, 0.1) is 5.92 Å². The Bertz CT molecular complexity index is 416. The van der Waals surface area contributed by atoms with E-state index in [1.54, 1.807) is 0 Å². The third kappa shape index (κ3) is 2.31. The number of benzene rings is 1. The van der Waals surface area contributed by atoms with Crippen LogP contribution >= 0.6 is 0 Å². The van der Waals surface area contributed by atoms with Gasteiger partial charge in [-0.2, -0.15) is 0 Å². The molecule has 0 aliphatic carbocycles. The molecule has 0 radical (unpaired) electrons.